The van der Waals surface area contributed by atoms with Crippen molar-refractivity contribution in [3.63, 3.8) is 0 Å². The number of ether oxygens (including phenoxy) is 1. The summed E-state index contributed by atoms with van der Waals surface area (Å²) in [7, 11) is 1.45. The Labute approximate surface area is 203 Å². The molecule has 5 rings (SSSR count). The number of carbonyl (C=O) groups excluding carboxylic acids is 2. The maximum absolute atomic E-state index is 13.7. The molecule has 0 fully saturated rings. The highest BCUT2D eigenvalue weighted by Gasteiger charge is 2.45. The van der Waals surface area contributed by atoms with Crippen LogP contribution in [0.1, 0.15) is 50.8 Å². The molecule has 0 saturated carbocycles. The Hall–Kier alpha value is -3.31. The molecule has 0 saturated heterocycles. The van der Waals surface area contributed by atoms with Crippen molar-refractivity contribution in [2.45, 2.75) is 39.7 Å². The van der Waals surface area contributed by atoms with Gasteiger partial charge in [0.2, 0.25) is 5.91 Å². The number of hydrogen-bond donors (Lipinski definition) is 1. The van der Waals surface area contributed by atoms with E-state index in [-0.39, 0.29) is 33.6 Å². The molecule has 34 heavy (non-hydrogen) atoms. The summed E-state index contributed by atoms with van der Waals surface area (Å²) >= 11 is 6.36. The number of hydrogen-bond acceptors (Lipinski definition) is 4. The second-order valence-electron chi connectivity index (χ2n) is 9.86. The minimum Gasteiger partial charge on any atom is -0.503 e. The average Bonchev–Trinajstić information content (AvgIpc) is 2.78. The largest absolute Gasteiger partial charge is 0.503 e. The number of phenols is 1. The zero-order chi connectivity index (χ0) is 24.4. The first-order valence-electron chi connectivity index (χ1n) is 11.3. The van der Waals surface area contributed by atoms with Crippen molar-refractivity contribution in [3.8, 4) is 11.5 Å². The van der Waals surface area contributed by atoms with Crippen LogP contribution in [0.25, 0.3) is 16.3 Å². The summed E-state index contributed by atoms with van der Waals surface area (Å²) in [5.41, 5.74) is 3.70. The van der Waals surface area contributed by atoms with Gasteiger partial charge in [0, 0.05) is 29.9 Å². The van der Waals surface area contributed by atoms with Crippen molar-refractivity contribution >= 4 is 45.3 Å². The molecular formula is C28H26ClNO4. The van der Waals surface area contributed by atoms with Gasteiger partial charge in [0.1, 0.15) is 0 Å². The van der Waals surface area contributed by atoms with Gasteiger partial charge in [-0.1, -0.05) is 61.8 Å². The fourth-order valence-electron chi connectivity index (χ4n) is 5.47. The van der Waals surface area contributed by atoms with E-state index < -0.39 is 6.04 Å². The minimum absolute atomic E-state index is 0.0180. The molecule has 5 nitrogen and oxygen atoms in total. The van der Waals surface area contributed by atoms with Crippen molar-refractivity contribution in [1.82, 2.24) is 0 Å². The summed E-state index contributed by atoms with van der Waals surface area (Å²) in [5.74, 6) is -0.144. The number of phenolic OH excluding ortho intramolecular Hbond substituents is 1. The summed E-state index contributed by atoms with van der Waals surface area (Å²) in [5, 5.41) is 12.4. The smallest absolute Gasteiger partial charge is 0.224 e. The molecule has 174 valence electrons. The molecule has 1 unspecified atom stereocenters. The Morgan fingerprint density at radius 2 is 1.88 bits per heavy atom. The van der Waals surface area contributed by atoms with Crippen molar-refractivity contribution in [3.05, 3.63) is 70.3 Å². The zero-order valence-corrected chi connectivity index (χ0v) is 20.4. The number of rotatable bonds is 2. The quantitative estimate of drug-likeness (QED) is 0.462. The molecule has 2 aliphatic rings. The molecule has 3 aromatic rings. The zero-order valence-electron chi connectivity index (χ0n) is 19.6. The Bertz CT molecular complexity index is 1410. The number of allylic oxidation sites excluding steroid dienone is 1. The summed E-state index contributed by atoms with van der Waals surface area (Å²) in [6.07, 6.45) is 1.10. The Morgan fingerprint density at radius 1 is 1.15 bits per heavy atom. The van der Waals surface area contributed by atoms with Gasteiger partial charge >= 0.3 is 0 Å². The predicted octanol–water partition coefficient (Wildman–Crippen LogP) is 6.46. The standard InChI is InChI=1S/C28H26ClNO4/c1-15(31)30-25(17-11-21(29)27(33)23(12-17)34-4)24-20(13-28(2,3)14-22(24)32)19-10-9-16-7-5-6-8-18(16)26(19)30/h5-12,25,33H,13-14H2,1-4H3. The first-order valence-corrected chi connectivity index (χ1v) is 11.7. The van der Waals surface area contributed by atoms with Crippen LogP contribution in [0.15, 0.2) is 54.1 Å². The normalized spacial score (nSPS) is 19.1. The van der Waals surface area contributed by atoms with E-state index in [9.17, 15) is 14.7 Å². The van der Waals surface area contributed by atoms with Gasteiger partial charge < -0.3 is 9.84 Å². The van der Waals surface area contributed by atoms with Crippen molar-refractivity contribution in [2.75, 3.05) is 12.0 Å². The number of halogens is 1. The second kappa shape index (κ2) is 7.88. The van der Waals surface area contributed by atoms with Crippen LogP contribution >= 0.6 is 11.6 Å². The van der Waals surface area contributed by atoms with Crippen LogP contribution < -0.4 is 9.64 Å². The van der Waals surface area contributed by atoms with Gasteiger partial charge in [-0.3, -0.25) is 14.5 Å². The molecule has 0 radical (unpaired) electrons. The Morgan fingerprint density at radius 3 is 2.59 bits per heavy atom. The van der Waals surface area contributed by atoms with Crippen LogP contribution in [0.2, 0.25) is 5.02 Å². The van der Waals surface area contributed by atoms with Crippen molar-refractivity contribution < 1.29 is 19.4 Å². The summed E-state index contributed by atoms with van der Waals surface area (Å²) in [6.45, 7) is 5.71. The molecule has 1 aliphatic heterocycles. The highest BCUT2D eigenvalue weighted by molar-refractivity contribution is 6.32. The molecule has 1 atom stereocenters. The molecule has 3 aromatic carbocycles. The monoisotopic (exact) mass is 475 g/mol. The molecule has 6 heteroatoms. The van der Waals surface area contributed by atoms with Gasteiger partial charge in [-0.15, -0.1) is 0 Å². The molecule has 0 bridgehead atoms. The fourth-order valence-corrected chi connectivity index (χ4v) is 5.69. The number of aromatic hydroxyl groups is 1. The van der Waals surface area contributed by atoms with E-state index in [1.54, 1.807) is 17.0 Å². The van der Waals surface area contributed by atoms with E-state index >= 15 is 0 Å². The molecule has 1 heterocycles. The third-order valence-corrected chi connectivity index (χ3v) is 7.13. The first kappa shape index (κ1) is 22.5. The van der Waals surface area contributed by atoms with E-state index in [1.165, 1.54) is 14.0 Å². The number of carbonyl (C=O) groups is 2. The number of Topliss-reactive ketones (excluding diaryl/α,β-unsaturated/α-hetero) is 1. The fraction of sp³-hybridized carbons (Fsp3) is 0.286. The van der Waals surface area contributed by atoms with Gasteiger partial charge in [0.05, 0.1) is 23.9 Å². The number of nitrogens with zero attached hydrogens (tertiary/aromatic N) is 1. The molecular weight excluding hydrogens is 450 g/mol. The number of methoxy groups -OCH3 is 1. The maximum Gasteiger partial charge on any atom is 0.224 e. The topological polar surface area (TPSA) is 66.8 Å². The number of fused-ring (bicyclic) bond motifs is 4. The summed E-state index contributed by atoms with van der Waals surface area (Å²) in [4.78, 5) is 28.7. The highest BCUT2D eigenvalue weighted by atomic mass is 35.5. The van der Waals surface area contributed by atoms with Gasteiger partial charge in [-0.05, 0) is 40.5 Å². The van der Waals surface area contributed by atoms with Crippen LogP contribution in [-0.2, 0) is 9.59 Å². The van der Waals surface area contributed by atoms with Gasteiger partial charge in [0.15, 0.2) is 17.3 Å². The lowest BCUT2D eigenvalue weighted by Gasteiger charge is -2.44. The first-order chi connectivity index (χ1) is 16.1. The number of amides is 1. The van der Waals surface area contributed by atoms with E-state index in [0.29, 0.717) is 24.0 Å². The Balaban J connectivity index is 1.90. The van der Waals surface area contributed by atoms with Crippen molar-refractivity contribution in [2.24, 2.45) is 5.41 Å². The molecule has 1 aliphatic carbocycles. The van der Waals surface area contributed by atoms with Crippen molar-refractivity contribution in [1.29, 1.82) is 0 Å². The SMILES string of the molecule is COc1cc(C2C3=C(CC(C)(C)CC3=O)c3ccc4ccccc4c3N2C(C)=O)cc(Cl)c1O. The predicted molar refractivity (Wildman–Crippen MR) is 134 cm³/mol. The minimum atomic E-state index is -0.679. The van der Waals surface area contributed by atoms with Crippen LogP contribution in [0.5, 0.6) is 11.5 Å². The third-order valence-electron chi connectivity index (χ3n) is 6.84. The number of anilines is 1. The average molecular weight is 476 g/mol. The highest BCUT2D eigenvalue weighted by Crippen LogP contribution is 2.55. The molecule has 1 N–H and O–H groups in total. The Kier molecular flexibility index (Phi) is 5.21. The molecule has 0 aromatic heterocycles. The molecule has 0 spiro atoms. The lowest BCUT2D eigenvalue weighted by atomic mass is 9.67. The third kappa shape index (κ3) is 3.38. The second-order valence-corrected chi connectivity index (χ2v) is 10.3. The van der Waals surface area contributed by atoms with Crippen LogP contribution in [0.4, 0.5) is 5.69 Å². The van der Waals surface area contributed by atoms with Crippen LogP contribution in [-0.4, -0.2) is 23.9 Å². The van der Waals surface area contributed by atoms with E-state index in [2.05, 4.69) is 13.8 Å². The van der Waals surface area contributed by atoms with E-state index in [0.717, 1.165) is 27.6 Å². The van der Waals surface area contributed by atoms with Crippen LogP contribution in [0.3, 0.4) is 0 Å². The summed E-state index contributed by atoms with van der Waals surface area (Å²) in [6, 6.07) is 14.6. The number of benzene rings is 3. The molecule has 1 amide bonds. The van der Waals surface area contributed by atoms with E-state index in [1.807, 2.05) is 36.4 Å². The number of ketones is 1. The lowest BCUT2D eigenvalue weighted by Crippen LogP contribution is -2.42. The van der Waals surface area contributed by atoms with Gasteiger partial charge in [-0.2, -0.15) is 0 Å². The van der Waals surface area contributed by atoms with E-state index in [4.69, 9.17) is 16.3 Å². The summed E-state index contributed by atoms with van der Waals surface area (Å²) < 4.78 is 5.35. The van der Waals surface area contributed by atoms with Gasteiger partial charge in [-0.25, -0.2) is 0 Å². The van der Waals surface area contributed by atoms with Gasteiger partial charge in [0.25, 0.3) is 0 Å². The maximum atomic E-state index is 13.7. The van der Waals surface area contributed by atoms with Crippen LogP contribution in [0, 0.1) is 5.41 Å². The lowest BCUT2D eigenvalue weighted by molar-refractivity contribution is -0.118.